The number of hydrogen-bond acceptors (Lipinski definition) is 4. The van der Waals surface area contributed by atoms with Gasteiger partial charge in [0.05, 0.1) is 7.11 Å². The minimum Gasteiger partial charge on any atom is -0.504 e. The maximum absolute atomic E-state index is 11.8. The van der Waals surface area contributed by atoms with E-state index in [1.807, 2.05) is 0 Å². The molecule has 0 saturated heterocycles. The summed E-state index contributed by atoms with van der Waals surface area (Å²) in [7, 11) is 1.45. The van der Waals surface area contributed by atoms with Crippen molar-refractivity contribution in [3.05, 3.63) is 40.8 Å². The minimum absolute atomic E-state index is 0.0454. The summed E-state index contributed by atoms with van der Waals surface area (Å²) in [4.78, 5) is 11.8. The summed E-state index contributed by atoms with van der Waals surface area (Å²) in [5, 5.41) is 12.2. The molecular formula is C12H10BrNO4. The Kier molecular flexibility index (Phi) is 3.57. The number of nitrogens with one attached hydrogen (secondary N) is 1. The van der Waals surface area contributed by atoms with E-state index < -0.39 is 5.91 Å². The van der Waals surface area contributed by atoms with E-state index in [1.165, 1.54) is 13.2 Å². The normalized spacial score (nSPS) is 10.1. The third kappa shape index (κ3) is 2.65. The Morgan fingerprint density at radius 2 is 2.17 bits per heavy atom. The topological polar surface area (TPSA) is 71.7 Å². The average Bonchev–Trinajstić information content (AvgIpc) is 2.76. The molecule has 0 aliphatic heterocycles. The molecule has 2 N–H and O–H groups in total. The second-order valence-corrected chi connectivity index (χ2v) is 4.23. The van der Waals surface area contributed by atoms with Crippen LogP contribution in [0.15, 0.2) is 39.4 Å². The van der Waals surface area contributed by atoms with Crippen molar-refractivity contribution in [2.24, 2.45) is 0 Å². The van der Waals surface area contributed by atoms with Gasteiger partial charge in [0.2, 0.25) is 0 Å². The molecule has 0 spiro atoms. The van der Waals surface area contributed by atoms with E-state index in [0.29, 0.717) is 16.1 Å². The Hall–Kier alpha value is -1.95. The number of methoxy groups -OCH3 is 1. The number of anilines is 1. The standard InChI is InChI=1S/C12H10BrNO4/c1-17-9-3-2-7(6-8(9)15)14-12(16)10-4-5-11(13)18-10/h2-6,15H,1H3,(H,14,16). The van der Waals surface area contributed by atoms with Crippen molar-refractivity contribution in [3.63, 3.8) is 0 Å². The van der Waals surface area contributed by atoms with Gasteiger partial charge in [0, 0.05) is 11.8 Å². The van der Waals surface area contributed by atoms with Gasteiger partial charge in [0.15, 0.2) is 21.9 Å². The quantitative estimate of drug-likeness (QED) is 0.914. The van der Waals surface area contributed by atoms with Gasteiger partial charge in [-0.15, -0.1) is 0 Å². The first kappa shape index (κ1) is 12.5. The Morgan fingerprint density at radius 3 is 2.72 bits per heavy atom. The highest BCUT2D eigenvalue weighted by Gasteiger charge is 2.11. The number of halogens is 1. The number of carbonyl (C=O) groups is 1. The van der Waals surface area contributed by atoms with Crippen molar-refractivity contribution in [2.45, 2.75) is 0 Å². The smallest absolute Gasteiger partial charge is 0.291 e. The Balaban J connectivity index is 2.14. The van der Waals surface area contributed by atoms with Crippen LogP contribution < -0.4 is 10.1 Å². The van der Waals surface area contributed by atoms with E-state index in [0.717, 1.165) is 0 Å². The molecule has 0 aliphatic carbocycles. The van der Waals surface area contributed by atoms with Crippen molar-refractivity contribution >= 4 is 27.5 Å². The lowest BCUT2D eigenvalue weighted by atomic mass is 10.2. The largest absolute Gasteiger partial charge is 0.504 e. The molecule has 0 bridgehead atoms. The lowest BCUT2D eigenvalue weighted by Gasteiger charge is -2.06. The van der Waals surface area contributed by atoms with Crippen LogP contribution >= 0.6 is 15.9 Å². The molecule has 2 rings (SSSR count). The van der Waals surface area contributed by atoms with Gasteiger partial charge in [0.1, 0.15) is 0 Å². The lowest BCUT2D eigenvalue weighted by Crippen LogP contribution is -2.10. The first-order valence-electron chi connectivity index (χ1n) is 5.04. The maximum Gasteiger partial charge on any atom is 0.291 e. The number of aromatic hydroxyl groups is 1. The van der Waals surface area contributed by atoms with Crippen LogP contribution in [0, 0.1) is 0 Å². The van der Waals surface area contributed by atoms with Gasteiger partial charge < -0.3 is 19.6 Å². The number of carbonyl (C=O) groups excluding carboxylic acids is 1. The molecule has 6 heteroatoms. The molecule has 18 heavy (non-hydrogen) atoms. The van der Waals surface area contributed by atoms with E-state index in [2.05, 4.69) is 21.2 Å². The lowest BCUT2D eigenvalue weighted by molar-refractivity contribution is 0.0995. The first-order valence-corrected chi connectivity index (χ1v) is 5.83. The van der Waals surface area contributed by atoms with E-state index in [9.17, 15) is 9.90 Å². The van der Waals surface area contributed by atoms with Gasteiger partial charge in [0.25, 0.3) is 5.91 Å². The molecule has 0 aliphatic rings. The van der Waals surface area contributed by atoms with Crippen LogP contribution in [-0.2, 0) is 0 Å². The number of amides is 1. The number of rotatable bonds is 3. The van der Waals surface area contributed by atoms with Crippen molar-refractivity contribution < 1.29 is 19.1 Å². The fraction of sp³-hybridized carbons (Fsp3) is 0.0833. The zero-order valence-corrected chi connectivity index (χ0v) is 11.0. The highest BCUT2D eigenvalue weighted by Crippen LogP contribution is 2.28. The Morgan fingerprint density at radius 1 is 1.39 bits per heavy atom. The number of hydrogen-bond donors (Lipinski definition) is 2. The fourth-order valence-electron chi connectivity index (χ4n) is 1.40. The third-order valence-electron chi connectivity index (χ3n) is 2.23. The van der Waals surface area contributed by atoms with Gasteiger partial charge in [-0.1, -0.05) is 0 Å². The van der Waals surface area contributed by atoms with Crippen molar-refractivity contribution in [1.29, 1.82) is 0 Å². The van der Waals surface area contributed by atoms with Gasteiger partial charge >= 0.3 is 0 Å². The maximum atomic E-state index is 11.8. The second-order valence-electron chi connectivity index (χ2n) is 3.44. The summed E-state index contributed by atoms with van der Waals surface area (Å²) < 4.78 is 10.5. The zero-order valence-electron chi connectivity index (χ0n) is 9.44. The van der Waals surface area contributed by atoms with Crippen LogP contribution in [0.5, 0.6) is 11.5 Å². The summed E-state index contributed by atoms with van der Waals surface area (Å²) in [6.45, 7) is 0. The molecule has 94 valence electrons. The minimum atomic E-state index is -0.398. The van der Waals surface area contributed by atoms with Crippen LogP contribution in [-0.4, -0.2) is 18.1 Å². The van der Waals surface area contributed by atoms with Crippen LogP contribution in [0.25, 0.3) is 0 Å². The van der Waals surface area contributed by atoms with Gasteiger partial charge in [-0.2, -0.15) is 0 Å². The van der Waals surface area contributed by atoms with Gasteiger partial charge in [-0.05, 0) is 40.2 Å². The molecule has 1 aromatic heterocycles. The number of furan rings is 1. The molecule has 0 atom stereocenters. The molecule has 0 fully saturated rings. The third-order valence-corrected chi connectivity index (χ3v) is 2.66. The second kappa shape index (κ2) is 5.14. The molecule has 0 radical (unpaired) electrons. The number of phenols is 1. The van der Waals surface area contributed by atoms with E-state index in [4.69, 9.17) is 9.15 Å². The summed E-state index contributed by atoms with van der Waals surface area (Å²) in [5.74, 6) is 0.0760. The van der Waals surface area contributed by atoms with Crippen LogP contribution in [0.4, 0.5) is 5.69 Å². The highest BCUT2D eigenvalue weighted by atomic mass is 79.9. The Bertz CT molecular complexity index is 579. The molecule has 2 aromatic rings. The summed E-state index contributed by atoms with van der Waals surface area (Å²) in [6.07, 6.45) is 0. The van der Waals surface area contributed by atoms with Crippen LogP contribution in [0.3, 0.4) is 0 Å². The van der Waals surface area contributed by atoms with E-state index >= 15 is 0 Å². The monoisotopic (exact) mass is 311 g/mol. The Labute approximate surface area is 111 Å². The molecule has 1 aromatic carbocycles. The fourth-order valence-corrected chi connectivity index (χ4v) is 1.70. The number of benzene rings is 1. The van der Waals surface area contributed by atoms with Crippen LogP contribution in [0.1, 0.15) is 10.6 Å². The molecule has 5 nitrogen and oxygen atoms in total. The zero-order chi connectivity index (χ0) is 13.1. The van der Waals surface area contributed by atoms with E-state index in [1.54, 1.807) is 24.3 Å². The SMILES string of the molecule is COc1ccc(NC(=O)c2ccc(Br)o2)cc1O. The summed E-state index contributed by atoms with van der Waals surface area (Å²) in [5.41, 5.74) is 0.450. The summed E-state index contributed by atoms with van der Waals surface area (Å²) in [6, 6.07) is 7.75. The highest BCUT2D eigenvalue weighted by molar-refractivity contribution is 9.10. The molecule has 0 saturated carbocycles. The summed E-state index contributed by atoms with van der Waals surface area (Å²) >= 11 is 3.11. The predicted molar refractivity (Wildman–Crippen MR) is 69.0 cm³/mol. The van der Waals surface area contributed by atoms with Crippen molar-refractivity contribution in [1.82, 2.24) is 0 Å². The number of phenolic OH excluding ortho intramolecular Hbond substituents is 1. The van der Waals surface area contributed by atoms with E-state index in [-0.39, 0.29) is 11.5 Å². The van der Waals surface area contributed by atoms with Gasteiger partial charge in [-0.3, -0.25) is 4.79 Å². The predicted octanol–water partition coefficient (Wildman–Crippen LogP) is 3.01. The number of ether oxygens (including phenoxy) is 1. The van der Waals surface area contributed by atoms with Crippen molar-refractivity contribution in [2.75, 3.05) is 12.4 Å². The van der Waals surface area contributed by atoms with Crippen molar-refractivity contribution in [3.8, 4) is 11.5 Å². The molecule has 1 heterocycles. The molecular weight excluding hydrogens is 302 g/mol. The van der Waals surface area contributed by atoms with Crippen LogP contribution in [0.2, 0.25) is 0 Å². The van der Waals surface area contributed by atoms with Gasteiger partial charge in [-0.25, -0.2) is 0 Å². The molecule has 1 amide bonds. The molecule has 0 unspecified atom stereocenters. The average molecular weight is 312 g/mol. The first-order chi connectivity index (χ1) is 8.60.